The van der Waals surface area contributed by atoms with E-state index in [0.717, 1.165) is 55.4 Å². The van der Waals surface area contributed by atoms with Gasteiger partial charge in [0.15, 0.2) is 16.6 Å². The summed E-state index contributed by atoms with van der Waals surface area (Å²) >= 11 is 3.21. The van der Waals surface area contributed by atoms with Crippen molar-refractivity contribution in [3.8, 4) is 22.5 Å². The molecule has 0 radical (unpaired) electrons. The molecular formula is C45H52N4O2S2. The van der Waals surface area contributed by atoms with E-state index in [-0.39, 0.29) is 6.42 Å². The standard InChI is InChI=1S/C23H20N2O2S.C16H14N2S.3C2H6/c26-22(27)15-17-11-13-18(14-12-17)21-16-28-23(24-21)25(19-7-3-1-4-8-19)20-9-5-2-6-10-20;1-12-7-9-13(10-8-12)15-11-19-16(18-15)17-14-5-3-2-4-6-14;3*1-2/h1-14,16,22,26-27H,15H2;2-11H,1H3,(H,17,18);3*1-2H3. The van der Waals surface area contributed by atoms with Crippen molar-refractivity contribution in [2.24, 2.45) is 0 Å². The highest BCUT2D eigenvalue weighted by Crippen LogP contribution is 2.38. The zero-order valence-electron chi connectivity index (χ0n) is 31.8. The summed E-state index contributed by atoms with van der Waals surface area (Å²) < 4.78 is 0. The summed E-state index contributed by atoms with van der Waals surface area (Å²) in [7, 11) is 0. The molecule has 0 aliphatic carbocycles. The fourth-order valence-electron chi connectivity index (χ4n) is 4.88. The number of thiazole rings is 2. The maximum Gasteiger partial charge on any atom is 0.195 e. The lowest BCUT2D eigenvalue weighted by Crippen LogP contribution is -2.09. The van der Waals surface area contributed by atoms with Crippen molar-refractivity contribution in [3.05, 3.63) is 161 Å². The molecule has 0 saturated heterocycles. The van der Waals surface area contributed by atoms with Crippen LogP contribution in [0.4, 0.5) is 27.3 Å². The van der Waals surface area contributed by atoms with E-state index in [0.29, 0.717) is 0 Å². The molecule has 0 saturated carbocycles. The lowest BCUT2D eigenvalue weighted by Gasteiger charge is -2.22. The van der Waals surface area contributed by atoms with E-state index in [1.54, 1.807) is 22.7 Å². The number of aliphatic hydroxyl groups is 2. The topological polar surface area (TPSA) is 81.5 Å². The van der Waals surface area contributed by atoms with Crippen LogP contribution in [0.1, 0.15) is 52.7 Å². The average Bonchev–Trinajstić information content (AvgIpc) is 3.90. The highest BCUT2D eigenvalue weighted by Gasteiger charge is 2.16. The van der Waals surface area contributed by atoms with Crippen molar-refractivity contribution < 1.29 is 10.2 Å². The Morgan fingerprint density at radius 1 is 0.566 bits per heavy atom. The van der Waals surface area contributed by atoms with Crippen LogP contribution >= 0.6 is 22.7 Å². The summed E-state index contributed by atoms with van der Waals surface area (Å²) in [5, 5.41) is 27.5. The Morgan fingerprint density at radius 3 is 1.53 bits per heavy atom. The second-order valence-corrected chi connectivity index (χ2v) is 12.5. The molecule has 7 aromatic rings. The maximum absolute atomic E-state index is 9.11. The summed E-state index contributed by atoms with van der Waals surface area (Å²) in [5.41, 5.74) is 9.39. The molecule has 2 heterocycles. The van der Waals surface area contributed by atoms with Crippen LogP contribution in [0.15, 0.2) is 150 Å². The number of para-hydroxylation sites is 3. The zero-order valence-corrected chi connectivity index (χ0v) is 33.4. The van der Waals surface area contributed by atoms with Gasteiger partial charge in [-0.3, -0.25) is 4.90 Å². The SMILES string of the molecule is CC.CC.CC.Cc1ccc(-c2csc(Nc3ccccc3)n2)cc1.OC(O)Cc1ccc(-c2csc(N(c3ccccc3)c3ccccc3)n2)cc1. The van der Waals surface area contributed by atoms with Gasteiger partial charge in [-0.05, 0) is 48.9 Å². The molecule has 6 nitrogen and oxygen atoms in total. The van der Waals surface area contributed by atoms with Crippen LogP contribution in [-0.4, -0.2) is 26.5 Å². The highest BCUT2D eigenvalue weighted by molar-refractivity contribution is 7.14. The van der Waals surface area contributed by atoms with Crippen LogP contribution in [0.3, 0.4) is 0 Å². The van der Waals surface area contributed by atoms with E-state index in [9.17, 15) is 0 Å². The molecule has 0 aliphatic rings. The number of aliphatic hydroxyl groups excluding tert-OH is 1. The van der Waals surface area contributed by atoms with Crippen molar-refractivity contribution in [2.75, 3.05) is 10.2 Å². The quantitative estimate of drug-likeness (QED) is 0.128. The van der Waals surface area contributed by atoms with Crippen LogP contribution in [-0.2, 0) is 6.42 Å². The van der Waals surface area contributed by atoms with Gasteiger partial charge in [-0.15, -0.1) is 22.7 Å². The van der Waals surface area contributed by atoms with Crippen molar-refractivity contribution >= 4 is 50.0 Å². The van der Waals surface area contributed by atoms with Crippen LogP contribution in [0.25, 0.3) is 22.5 Å². The number of aromatic nitrogens is 2. The lowest BCUT2D eigenvalue weighted by atomic mass is 10.1. The number of nitrogens with zero attached hydrogens (tertiary/aromatic N) is 3. The number of hydrogen-bond acceptors (Lipinski definition) is 8. The second-order valence-electron chi connectivity index (χ2n) is 10.8. The van der Waals surface area contributed by atoms with Crippen LogP contribution in [0.5, 0.6) is 0 Å². The lowest BCUT2D eigenvalue weighted by molar-refractivity contribution is -0.0381. The average molecular weight is 745 g/mol. The summed E-state index contributed by atoms with van der Waals surface area (Å²) in [6.45, 7) is 14.1. The first-order valence-electron chi connectivity index (χ1n) is 18.2. The maximum atomic E-state index is 9.11. The van der Waals surface area contributed by atoms with Gasteiger partial charge in [-0.1, -0.05) is 150 Å². The molecule has 0 spiro atoms. The van der Waals surface area contributed by atoms with Gasteiger partial charge in [0.2, 0.25) is 0 Å². The minimum absolute atomic E-state index is 0.221. The van der Waals surface area contributed by atoms with Gasteiger partial charge in [-0.2, -0.15) is 0 Å². The minimum Gasteiger partial charge on any atom is -0.368 e. The second kappa shape index (κ2) is 23.4. The molecule has 0 aliphatic heterocycles. The first-order valence-corrected chi connectivity index (χ1v) is 19.9. The number of hydrogen-bond donors (Lipinski definition) is 3. The Bertz CT molecular complexity index is 1920. The summed E-state index contributed by atoms with van der Waals surface area (Å²) in [6.07, 6.45) is -1.11. The summed E-state index contributed by atoms with van der Waals surface area (Å²) in [5.74, 6) is 0. The first kappa shape index (κ1) is 42.3. The van der Waals surface area contributed by atoms with Gasteiger partial charge < -0.3 is 15.5 Å². The molecule has 0 amide bonds. The number of benzene rings is 5. The van der Waals surface area contributed by atoms with E-state index in [1.807, 2.05) is 138 Å². The molecule has 7 rings (SSSR count). The number of nitrogens with one attached hydrogen (secondary N) is 1. The third kappa shape index (κ3) is 13.1. The Balaban J connectivity index is 0.000000264. The zero-order chi connectivity index (χ0) is 38.4. The van der Waals surface area contributed by atoms with E-state index < -0.39 is 6.29 Å². The van der Waals surface area contributed by atoms with Gasteiger partial charge in [0, 0.05) is 45.4 Å². The Kier molecular flexibility index (Phi) is 18.7. The van der Waals surface area contributed by atoms with Gasteiger partial charge in [0.25, 0.3) is 0 Å². The molecule has 0 unspecified atom stereocenters. The Labute approximate surface area is 324 Å². The molecule has 0 atom stereocenters. The van der Waals surface area contributed by atoms with Crippen molar-refractivity contribution in [2.45, 2.75) is 61.2 Å². The van der Waals surface area contributed by atoms with Gasteiger partial charge in [0.05, 0.1) is 11.4 Å². The fourth-order valence-corrected chi connectivity index (χ4v) is 6.49. The van der Waals surface area contributed by atoms with E-state index in [1.165, 1.54) is 5.56 Å². The monoisotopic (exact) mass is 744 g/mol. The first-order chi connectivity index (χ1) is 26.0. The molecule has 0 fully saturated rings. The largest absolute Gasteiger partial charge is 0.368 e. The predicted molar refractivity (Wildman–Crippen MR) is 230 cm³/mol. The number of aryl methyl sites for hydroxylation is 1. The number of anilines is 5. The van der Waals surface area contributed by atoms with E-state index >= 15 is 0 Å². The van der Waals surface area contributed by atoms with Crippen molar-refractivity contribution in [1.29, 1.82) is 0 Å². The molecule has 276 valence electrons. The van der Waals surface area contributed by atoms with Crippen LogP contribution < -0.4 is 10.2 Å². The Morgan fingerprint density at radius 2 is 1.02 bits per heavy atom. The fraction of sp³-hybridized carbons (Fsp3) is 0.200. The highest BCUT2D eigenvalue weighted by atomic mass is 32.1. The van der Waals surface area contributed by atoms with E-state index in [4.69, 9.17) is 15.2 Å². The normalized spacial score (nSPS) is 9.85. The molecule has 3 N–H and O–H groups in total. The van der Waals surface area contributed by atoms with Gasteiger partial charge in [-0.25, -0.2) is 9.97 Å². The minimum atomic E-state index is -1.33. The number of rotatable bonds is 9. The summed E-state index contributed by atoms with van der Waals surface area (Å²) in [6, 6.07) is 46.7. The third-order valence-corrected chi connectivity index (χ3v) is 8.84. The summed E-state index contributed by atoms with van der Waals surface area (Å²) in [4.78, 5) is 11.6. The van der Waals surface area contributed by atoms with Crippen molar-refractivity contribution in [3.63, 3.8) is 0 Å². The van der Waals surface area contributed by atoms with Crippen molar-refractivity contribution in [1.82, 2.24) is 9.97 Å². The smallest absolute Gasteiger partial charge is 0.195 e. The molecule has 0 bridgehead atoms. The molecule has 8 heteroatoms. The van der Waals surface area contributed by atoms with Crippen LogP contribution in [0, 0.1) is 6.92 Å². The van der Waals surface area contributed by atoms with Gasteiger partial charge >= 0.3 is 0 Å². The van der Waals surface area contributed by atoms with Crippen LogP contribution in [0.2, 0.25) is 0 Å². The Hall–Kier alpha value is -5.12. The van der Waals surface area contributed by atoms with E-state index in [2.05, 4.69) is 76.0 Å². The third-order valence-electron chi connectivity index (χ3n) is 7.26. The molecule has 5 aromatic carbocycles. The predicted octanol–water partition coefficient (Wildman–Crippen LogP) is 13.1. The molecular weight excluding hydrogens is 693 g/mol. The molecule has 53 heavy (non-hydrogen) atoms. The van der Waals surface area contributed by atoms with Gasteiger partial charge in [0.1, 0.15) is 0 Å². The molecule has 2 aromatic heterocycles.